The van der Waals surface area contributed by atoms with Crippen molar-refractivity contribution < 1.29 is 9.53 Å². The van der Waals surface area contributed by atoms with Crippen molar-refractivity contribution in [2.24, 2.45) is 29.1 Å². The molecule has 3 fully saturated rings. The van der Waals surface area contributed by atoms with Crippen molar-refractivity contribution in [1.29, 1.82) is 0 Å². The Balaban J connectivity index is 1.52. The van der Waals surface area contributed by atoms with E-state index < -0.39 is 0 Å². The van der Waals surface area contributed by atoms with E-state index in [9.17, 15) is 4.79 Å². The Morgan fingerprint density at radius 1 is 1.21 bits per heavy atom. The number of carbonyl (C=O) groups excluding carboxylic acids is 1. The van der Waals surface area contributed by atoms with Crippen molar-refractivity contribution in [1.82, 2.24) is 0 Å². The Morgan fingerprint density at radius 2 is 2.12 bits per heavy atom. The fourth-order valence-corrected chi connectivity index (χ4v) is 7.62. The standard InChI is InChI=1S/C22H30O2/c1-2-21-11-8-18-17-7-5-16(23)14-15(17)4-6-19(18)20(21)9-12-22(21)10-3-13-24-22/h4,6,14,17-20H,2-3,5,7-13H2,1H3/t17-,18?,19?,20?,21-,22-/m0/s1. The van der Waals surface area contributed by atoms with Crippen LogP contribution in [0.25, 0.3) is 0 Å². The highest BCUT2D eigenvalue weighted by Crippen LogP contribution is 2.68. The van der Waals surface area contributed by atoms with E-state index in [4.69, 9.17) is 4.74 Å². The van der Waals surface area contributed by atoms with E-state index in [0.29, 0.717) is 17.1 Å². The molecule has 1 saturated heterocycles. The fraction of sp³-hybridized carbons (Fsp3) is 0.773. The number of hydrogen-bond acceptors (Lipinski definition) is 2. The summed E-state index contributed by atoms with van der Waals surface area (Å²) in [5.41, 5.74) is 1.95. The lowest BCUT2D eigenvalue weighted by Crippen LogP contribution is -2.53. The van der Waals surface area contributed by atoms with E-state index in [1.165, 1.54) is 50.5 Å². The highest BCUT2D eigenvalue weighted by atomic mass is 16.5. The normalized spacial score (nSPS) is 49.7. The second-order valence-corrected chi connectivity index (χ2v) is 9.00. The van der Waals surface area contributed by atoms with Crippen LogP contribution in [0.3, 0.4) is 0 Å². The van der Waals surface area contributed by atoms with Crippen LogP contribution in [-0.2, 0) is 9.53 Å². The third-order valence-corrected chi connectivity index (χ3v) is 8.58. The lowest BCUT2D eigenvalue weighted by Gasteiger charge is -2.55. The second-order valence-electron chi connectivity index (χ2n) is 9.00. The molecule has 5 rings (SSSR count). The monoisotopic (exact) mass is 326 g/mol. The zero-order valence-electron chi connectivity index (χ0n) is 14.9. The number of carbonyl (C=O) groups is 1. The molecule has 5 aliphatic rings. The third-order valence-electron chi connectivity index (χ3n) is 8.58. The minimum atomic E-state index is 0.198. The Kier molecular flexibility index (Phi) is 3.40. The lowest BCUT2D eigenvalue weighted by molar-refractivity contribution is -0.130. The van der Waals surface area contributed by atoms with Gasteiger partial charge in [-0.3, -0.25) is 4.79 Å². The molecular formula is C22H30O2. The number of rotatable bonds is 1. The molecule has 2 saturated carbocycles. The molecule has 0 aromatic rings. The van der Waals surface area contributed by atoms with Gasteiger partial charge in [0, 0.05) is 18.4 Å². The first-order valence-corrected chi connectivity index (χ1v) is 10.3. The molecule has 0 radical (unpaired) electrons. The zero-order valence-corrected chi connectivity index (χ0v) is 14.9. The van der Waals surface area contributed by atoms with Crippen LogP contribution in [0, 0.1) is 29.1 Å². The molecule has 1 aliphatic heterocycles. The van der Waals surface area contributed by atoms with Gasteiger partial charge in [-0.05, 0) is 86.7 Å². The topological polar surface area (TPSA) is 26.3 Å². The summed E-state index contributed by atoms with van der Waals surface area (Å²) in [4.78, 5) is 11.8. The lowest BCUT2D eigenvalue weighted by atomic mass is 9.50. The first-order chi connectivity index (χ1) is 11.7. The van der Waals surface area contributed by atoms with Crippen LogP contribution in [-0.4, -0.2) is 18.0 Å². The summed E-state index contributed by atoms with van der Waals surface area (Å²) < 4.78 is 6.49. The van der Waals surface area contributed by atoms with Gasteiger partial charge >= 0.3 is 0 Å². The summed E-state index contributed by atoms with van der Waals surface area (Å²) in [7, 11) is 0. The third kappa shape index (κ3) is 1.84. The van der Waals surface area contributed by atoms with Crippen molar-refractivity contribution in [3.63, 3.8) is 0 Å². The molecule has 3 unspecified atom stereocenters. The number of fused-ring (bicyclic) bond motifs is 6. The molecule has 6 atom stereocenters. The van der Waals surface area contributed by atoms with Gasteiger partial charge in [-0.1, -0.05) is 19.1 Å². The molecule has 0 aromatic heterocycles. The van der Waals surface area contributed by atoms with Crippen LogP contribution >= 0.6 is 0 Å². The maximum atomic E-state index is 11.8. The molecule has 1 spiro atoms. The van der Waals surface area contributed by atoms with Crippen LogP contribution < -0.4 is 0 Å². The Labute approximate surface area is 145 Å². The number of allylic oxidation sites excluding steroid dienone is 4. The van der Waals surface area contributed by atoms with Crippen LogP contribution in [0.5, 0.6) is 0 Å². The SMILES string of the molecule is CC[C@]12CCC3C(C=CC4=CC(=O)CC[C@@H]43)C1CC[C@@]21CCCO1. The van der Waals surface area contributed by atoms with Crippen LogP contribution in [0.4, 0.5) is 0 Å². The van der Waals surface area contributed by atoms with Crippen molar-refractivity contribution >= 4 is 5.78 Å². The molecule has 2 heteroatoms. The quantitative estimate of drug-likeness (QED) is 0.689. The van der Waals surface area contributed by atoms with E-state index >= 15 is 0 Å². The Hall–Kier alpha value is -0.890. The molecule has 0 aromatic carbocycles. The molecule has 24 heavy (non-hydrogen) atoms. The molecule has 4 aliphatic carbocycles. The number of ether oxygens (including phenoxy) is 1. The molecule has 0 bridgehead atoms. The summed E-state index contributed by atoms with van der Waals surface area (Å²) in [5, 5.41) is 0. The van der Waals surface area contributed by atoms with Crippen molar-refractivity contribution in [2.45, 2.75) is 70.3 Å². The van der Waals surface area contributed by atoms with E-state index in [2.05, 4.69) is 19.1 Å². The summed E-state index contributed by atoms with van der Waals surface area (Å²) in [6, 6.07) is 0. The maximum Gasteiger partial charge on any atom is 0.155 e. The summed E-state index contributed by atoms with van der Waals surface area (Å²) in [6.07, 6.45) is 17.8. The van der Waals surface area contributed by atoms with Crippen LogP contribution in [0.2, 0.25) is 0 Å². The zero-order chi connectivity index (χ0) is 16.4. The average Bonchev–Trinajstić information content (AvgIpc) is 3.21. The van der Waals surface area contributed by atoms with E-state index in [1.807, 2.05) is 6.08 Å². The van der Waals surface area contributed by atoms with Crippen molar-refractivity contribution in [3.05, 3.63) is 23.8 Å². The van der Waals surface area contributed by atoms with Gasteiger partial charge in [0.1, 0.15) is 0 Å². The molecular weight excluding hydrogens is 296 g/mol. The predicted molar refractivity (Wildman–Crippen MR) is 94.5 cm³/mol. The molecule has 0 amide bonds. The Bertz CT molecular complexity index is 609. The van der Waals surface area contributed by atoms with Gasteiger partial charge in [0.2, 0.25) is 0 Å². The molecule has 0 N–H and O–H groups in total. The van der Waals surface area contributed by atoms with E-state index in [1.54, 1.807) is 0 Å². The summed E-state index contributed by atoms with van der Waals surface area (Å²) in [5.74, 6) is 3.28. The number of hydrogen-bond donors (Lipinski definition) is 0. The minimum Gasteiger partial charge on any atom is -0.374 e. The molecule has 1 heterocycles. The summed E-state index contributed by atoms with van der Waals surface area (Å²) in [6.45, 7) is 3.40. The first-order valence-electron chi connectivity index (χ1n) is 10.3. The van der Waals surface area contributed by atoms with Gasteiger partial charge in [0.25, 0.3) is 0 Å². The predicted octanol–water partition coefficient (Wildman–Crippen LogP) is 4.84. The summed E-state index contributed by atoms with van der Waals surface area (Å²) >= 11 is 0. The van der Waals surface area contributed by atoms with Crippen LogP contribution in [0.1, 0.15) is 64.7 Å². The maximum absolute atomic E-state index is 11.8. The molecule has 130 valence electrons. The smallest absolute Gasteiger partial charge is 0.155 e. The van der Waals surface area contributed by atoms with Gasteiger partial charge in [0.05, 0.1) is 5.60 Å². The highest BCUT2D eigenvalue weighted by Gasteiger charge is 2.64. The van der Waals surface area contributed by atoms with Gasteiger partial charge < -0.3 is 4.74 Å². The van der Waals surface area contributed by atoms with Crippen LogP contribution in [0.15, 0.2) is 23.8 Å². The van der Waals surface area contributed by atoms with E-state index in [-0.39, 0.29) is 5.60 Å². The van der Waals surface area contributed by atoms with Crippen molar-refractivity contribution in [3.8, 4) is 0 Å². The largest absolute Gasteiger partial charge is 0.374 e. The Morgan fingerprint density at radius 3 is 2.92 bits per heavy atom. The highest BCUT2D eigenvalue weighted by molar-refractivity contribution is 5.91. The van der Waals surface area contributed by atoms with Gasteiger partial charge in [0.15, 0.2) is 5.78 Å². The van der Waals surface area contributed by atoms with Crippen molar-refractivity contribution in [2.75, 3.05) is 6.61 Å². The van der Waals surface area contributed by atoms with Gasteiger partial charge in [-0.15, -0.1) is 0 Å². The van der Waals surface area contributed by atoms with Gasteiger partial charge in [-0.2, -0.15) is 0 Å². The fourth-order valence-electron chi connectivity index (χ4n) is 7.62. The second kappa shape index (κ2) is 5.30. The first kappa shape index (κ1) is 15.4. The molecule has 2 nitrogen and oxygen atoms in total. The number of ketones is 1. The minimum absolute atomic E-state index is 0.198. The van der Waals surface area contributed by atoms with Gasteiger partial charge in [-0.25, -0.2) is 0 Å². The van der Waals surface area contributed by atoms with E-state index in [0.717, 1.165) is 37.2 Å². The average molecular weight is 326 g/mol.